The van der Waals surface area contributed by atoms with Gasteiger partial charge >= 0.3 is 0 Å². The number of ether oxygens (including phenoxy) is 1. The average Bonchev–Trinajstić information content (AvgIpc) is 2.93. The zero-order valence-electron chi connectivity index (χ0n) is 12.6. The van der Waals surface area contributed by atoms with Crippen molar-refractivity contribution in [1.82, 2.24) is 10.2 Å². The molecule has 0 fully saturated rings. The highest BCUT2D eigenvalue weighted by Crippen LogP contribution is 2.27. The topological polar surface area (TPSA) is 48.2 Å². The van der Waals surface area contributed by atoms with Gasteiger partial charge in [-0.1, -0.05) is 24.3 Å². The molecular weight excluding hydrogens is 284 g/mol. The van der Waals surface area contributed by atoms with Gasteiger partial charge < -0.3 is 9.15 Å². The van der Waals surface area contributed by atoms with E-state index in [9.17, 15) is 0 Å². The zero-order valence-corrected chi connectivity index (χ0v) is 13.4. The molecule has 0 aliphatic rings. The van der Waals surface area contributed by atoms with E-state index in [0.29, 0.717) is 11.8 Å². The van der Waals surface area contributed by atoms with Crippen molar-refractivity contribution < 1.29 is 9.15 Å². The minimum absolute atomic E-state index is 0.233. The summed E-state index contributed by atoms with van der Waals surface area (Å²) in [6, 6.07) is 8.03. The number of hydrogen-bond acceptors (Lipinski definition) is 5. The SMILES string of the molecule is COc1cccc(C=CCCSC(C)c2nnc(C)o2)c1. The van der Waals surface area contributed by atoms with E-state index in [0.717, 1.165) is 23.5 Å². The second-order valence-electron chi connectivity index (χ2n) is 4.64. The van der Waals surface area contributed by atoms with Gasteiger partial charge in [-0.05, 0) is 36.8 Å². The quantitative estimate of drug-likeness (QED) is 0.714. The Bertz CT molecular complexity index is 595. The minimum Gasteiger partial charge on any atom is -0.497 e. The standard InChI is InChI=1S/C16H20N2O2S/c1-12(16-18-17-13(2)20-16)21-10-5-4-7-14-8-6-9-15(11-14)19-3/h4,6-9,11-12H,5,10H2,1-3H3. The van der Waals surface area contributed by atoms with Crippen LogP contribution in [0.1, 0.15) is 35.9 Å². The molecule has 2 aromatic rings. The summed E-state index contributed by atoms with van der Waals surface area (Å²) in [6.45, 7) is 3.90. The second kappa shape index (κ2) is 7.88. The number of rotatable bonds is 7. The lowest BCUT2D eigenvalue weighted by Crippen LogP contribution is -1.90. The van der Waals surface area contributed by atoms with Gasteiger partial charge in [0.1, 0.15) is 5.75 Å². The van der Waals surface area contributed by atoms with E-state index >= 15 is 0 Å². The van der Waals surface area contributed by atoms with E-state index in [4.69, 9.17) is 9.15 Å². The molecule has 0 N–H and O–H groups in total. The van der Waals surface area contributed by atoms with E-state index in [2.05, 4.69) is 35.3 Å². The Kier molecular flexibility index (Phi) is 5.87. The summed E-state index contributed by atoms with van der Waals surface area (Å²) >= 11 is 1.81. The lowest BCUT2D eigenvalue weighted by Gasteiger charge is -2.04. The number of thioether (sulfide) groups is 1. The summed E-state index contributed by atoms with van der Waals surface area (Å²) in [7, 11) is 1.68. The van der Waals surface area contributed by atoms with Crippen LogP contribution in [0.15, 0.2) is 34.8 Å². The molecule has 1 heterocycles. The van der Waals surface area contributed by atoms with Gasteiger partial charge in [0, 0.05) is 6.92 Å². The van der Waals surface area contributed by atoms with Crippen LogP contribution in [0, 0.1) is 6.92 Å². The summed E-state index contributed by atoms with van der Waals surface area (Å²) in [5, 5.41) is 8.13. The third-order valence-corrected chi connectivity index (χ3v) is 4.12. The molecule has 0 spiro atoms. The largest absolute Gasteiger partial charge is 0.497 e. The molecule has 0 saturated carbocycles. The van der Waals surface area contributed by atoms with E-state index < -0.39 is 0 Å². The smallest absolute Gasteiger partial charge is 0.229 e. The molecule has 21 heavy (non-hydrogen) atoms. The van der Waals surface area contributed by atoms with Crippen molar-refractivity contribution in [2.75, 3.05) is 12.9 Å². The Morgan fingerprint density at radius 2 is 2.24 bits per heavy atom. The number of aromatic nitrogens is 2. The Labute approximate surface area is 129 Å². The monoisotopic (exact) mass is 304 g/mol. The van der Waals surface area contributed by atoms with Gasteiger partial charge in [0.15, 0.2) is 0 Å². The van der Waals surface area contributed by atoms with Crippen LogP contribution in [0.4, 0.5) is 0 Å². The lowest BCUT2D eigenvalue weighted by atomic mass is 10.2. The van der Waals surface area contributed by atoms with Gasteiger partial charge in [0.25, 0.3) is 0 Å². The number of hydrogen-bond donors (Lipinski definition) is 0. The first-order valence-electron chi connectivity index (χ1n) is 6.91. The predicted octanol–water partition coefficient (Wildman–Crippen LogP) is 4.28. The maximum absolute atomic E-state index is 5.42. The molecular formula is C16H20N2O2S. The molecule has 0 bridgehead atoms. The number of methoxy groups -OCH3 is 1. The van der Waals surface area contributed by atoms with Crippen LogP contribution in [0.2, 0.25) is 0 Å². The fraction of sp³-hybridized carbons (Fsp3) is 0.375. The maximum atomic E-state index is 5.42. The first-order chi connectivity index (χ1) is 10.2. The predicted molar refractivity (Wildman–Crippen MR) is 86.6 cm³/mol. The average molecular weight is 304 g/mol. The molecule has 1 atom stereocenters. The normalized spacial score (nSPS) is 12.7. The summed E-state index contributed by atoms with van der Waals surface area (Å²) in [5.41, 5.74) is 1.15. The number of nitrogens with zero attached hydrogens (tertiary/aromatic N) is 2. The van der Waals surface area contributed by atoms with E-state index in [1.807, 2.05) is 36.9 Å². The molecule has 112 valence electrons. The molecule has 0 amide bonds. The number of allylic oxidation sites excluding steroid dienone is 1. The summed E-state index contributed by atoms with van der Waals surface area (Å²) in [6.07, 6.45) is 5.29. The summed E-state index contributed by atoms with van der Waals surface area (Å²) in [5.74, 6) is 3.22. The first kappa shape index (κ1) is 15.6. The van der Waals surface area contributed by atoms with E-state index in [1.54, 1.807) is 7.11 Å². The van der Waals surface area contributed by atoms with Crippen LogP contribution in [-0.2, 0) is 0 Å². The van der Waals surface area contributed by atoms with E-state index in [-0.39, 0.29) is 5.25 Å². The van der Waals surface area contributed by atoms with Crippen LogP contribution in [-0.4, -0.2) is 23.1 Å². The molecule has 1 unspecified atom stereocenters. The molecule has 4 nitrogen and oxygen atoms in total. The van der Waals surface area contributed by atoms with Gasteiger partial charge in [-0.15, -0.1) is 22.0 Å². The van der Waals surface area contributed by atoms with Crippen LogP contribution in [0.3, 0.4) is 0 Å². The van der Waals surface area contributed by atoms with Crippen molar-refractivity contribution in [2.24, 2.45) is 0 Å². The van der Waals surface area contributed by atoms with Gasteiger partial charge in [0.2, 0.25) is 11.8 Å². The Morgan fingerprint density at radius 1 is 1.38 bits per heavy atom. The number of aryl methyl sites for hydroxylation is 1. The number of benzene rings is 1. The van der Waals surface area contributed by atoms with Gasteiger partial charge in [0.05, 0.1) is 12.4 Å². The van der Waals surface area contributed by atoms with Crippen molar-refractivity contribution >= 4 is 17.8 Å². The molecule has 5 heteroatoms. The van der Waals surface area contributed by atoms with Crippen molar-refractivity contribution in [3.05, 3.63) is 47.7 Å². The van der Waals surface area contributed by atoms with E-state index in [1.165, 1.54) is 0 Å². The molecule has 0 aliphatic heterocycles. The van der Waals surface area contributed by atoms with Gasteiger partial charge in [-0.3, -0.25) is 0 Å². The molecule has 1 aromatic carbocycles. The highest BCUT2D eigenvalue weighted by molar-refractivity contribution is 7.99. The fourth-order valence-corrected chi connectivity index (χ4v) is 2.69. The van der Waals surface area contributed by atoms with Crippen molar-refractivity contribution in [1.29, 1.82) is 0 Å². The Hall–Kier alpha value is -1.75. The molecule has 1 aromatic heterocycles. The second-order valence-corrected chi connectivity index (χ2v) is 6.09. The molecule has 0 saturated heterocycles. The lowest BCUT2D eigenvalue weighted by molar-refractivity contribution is 0.414. The van der Waals surface area contributed by atoms with Gasteiger partial charge in [-0.25, -0.2) is 0 Å². The first-order valence-corrected chi connectivity index (χ1v) is 7.96. The highest BCUT2D eigenvalue weighted by atomic mass is 32.2. The molecule has 2 rings (SSSR count). The third-order valence-electron chi connectivity index (χ3n) is 2.95. The van der Waals surface area contributed by atoms with Crippen LogP contribution in [0.25, 0.3) is 6.08 Å². The minimum atomic E-state index is 0.233. The summed E-state index contributed by atoms with van der Waals surface area (Å²) < 4.78 is 10.6. The van der Waals surface area contributed by atoms with Crippen LogP contribution >= 0.6 is 11.8 Å². The van der Waals surface area contributed by atoms with Crippen LogP contribution in [0.5, 0.6) is 5.75 Å². The van der Waals surface area contributed by atoms with Crippen molar-refractivity contribution in [2.45, 2.75) is 25.5 Å². The Morgan fingerprint density at radius 3 is 2.95 bits per heavy atom. The third kappa shape index (κ3) is 4.93. The highest BCUT2D eigenvalue weighted by Gasteiger charge is 2.11. The van der Waals surface area contributed by atoms with Gasteiger partial charge in [-0.2, -0.15) is 0 Å². The van der Waals surface area contributed by atoms with Crippen LogP contribution < -0.4 is 4.74 Å². The van der Waals surface area contributed by atoms with Crippen molar-refractivity contribution in [3.63, 3.8) is 0 Å². The fourth-order valence-electron chi connectivity index (χ4n) is 1.82. The zero-order chi connectivity index (χ0) is 15.1. The molecule has 0 radical (unpaired) electrons. The maximum Gasteiger partial charge on any atom is 0.229 e. The molecule has 0 aliphatic carbocycles. The Balaban J connectivity index is 1.75. The van der Waals surface area contributed by atoms with Crippen molar-refractivity contribution in [3.8, 4) is 5.75 Å². The summed E-state index contributed by atoms with van der Waals surface area (Å²) in [4.78, 5) is 0.